The Kier molecular flexibility index (Phi) is 6.13. The van der Waals surface area contributed by atoms with Crippen molar-refractivity contribution in [1.29, 1.82) is 0 Å². The molecule has 5 nitrogen and oxygen atoms in total. The number of imidazole rings is 1. The molecule has 4 aromatic carbocycles. The molecule has 0 spiro atoms. The molecule has 0 bridgehead atoms. The van der Waals surface area contributed by atoms with Crippen LogP contribution in [0, 0.1) is 0 Å². The molecule has 0 amide bonds. The minimum absolute atomic E-state index is 0.417. The monoisotopic (exact) mass is 484 g/mol. The molecule has 0 saturated carbocycles. The second kappa shape index (κ2) is 9.88. The minimum atomic E-state index is -0.697. The van der Waals surface area contributed by atoms with Gasteiger partial charge in [0.1, 0.15) is 29.0 Å². The Labute approximate surface area is 216 Å². The van der Waals surface area contributed by atoms with E-state index in [1.165, 1.54) is 0 Å². The summed E-state index contributed by atoms with van der Waals surface area (Å²) in [6, 6.07) is 39.8. The van der Waals surface area contributed by atoms with E-state index in [2.05, 4.69) is 89.2 Å². The molecular weight excluding hydrogens is 456 g/mol. The summed E-state index contributed by atoms with van der Waals surface area (Å²) in [6.07, 6.45) is 0. The average Bonchev–Trinajstić information content (AvgIpc) is 3.41. The van der Waals surface area contributed by atoms with E-state index in [1.54, 1.807) is 0 Å². The third-order valence-corrected chi connectivity index (χ3v) is 6.75. The summed E-state index contributed by atoms with van der Waals surface area (Å²) in [5, 5.41) is 4.93. The Morgan fingerprint density at radius 3 is 1.81 bits per heavy atom. The van der Waals surface area contributed by atoms with Gasteiger partial charge in [-0.15, -0.1) is 0 Å². The third-order valence-electron chi connectivity index (χ3n) is 6.75. The van der Waals surface area contributed by atoms with Crippen molar-refractivity contribution in [3.63, 3.8) is 0 Å². The molecule has 2 aromatic heterocycles. The number of nitrogens with one attached hydrogen (secondary N) is 2. The number of H-pyrrole nitrogens is 1. The number of ether oxygens (including phenoxy) is 1. The van der Waals surface area contributed by atoms with Crippen LogP contribution in [0.15, 0.2) is 115 Å². The fourth-order valence-corrected chi connectivity index (χ4v) is 5.05. The number of aromatic nitrogens is 3. The molecule has 182 valence electrons. The van der Waals surface area contributed by atoms with E-state index in [0.29, 0.717) is 13.2 Å². The molecule has 6 rings (SSSR count). The predicted octanol–water partition coefficient (Wildman–Crippen LogP) is 7.05. The molecule has 0 unspecified atom stereocenters. The fourth-order valence-electron chi connectivity index (χ4n) is 5.05. The number of hydrogen-bond acceptors (Lipinski definition) is 4. The molecule has 6 aromatic rings. The lowest BCUT2D eigenvalue weighted by atomic mass is 9.77. The second-order valence-electron chi connectivity index (χ2n) is 8.99. The Morgan fingerprint density at radius 1 is 0.703 bits per heavy atom. The lowest BCUT2D eigenvalue weighted by Gasteiger charge is -2.37. The van der Waals surface area contributed by atoms with Crippen molar-refractivity contribution in [2.45, 2.75) is 19.1 Å². The van der Waals surface area contributed by atoms with E-state index in [4.69, 9.17) is 14.7 Å². The molecule has 0 aliphatic heterocycles. The van der Waals surface area contributed by atoms with Gasteiger partial charge in [0.15, 0.2) is 5.82 Å². The largest absolute Gasteiger partial charge is 0.374 e. The van der Waals surface area contributed by atoms with Crippen LogP contribution in [0.1, 0.15) is 29.4 Å². The van der Waals surface area contributed by atoms with Gasteiger partial charge in [-0.3, -0.25) is 0 Å². The van der Waals surface area contributed by atoms with Gasteiger partial charge in [0.05, 0.1) is 5.52 Å². The molecule has 0 atom stereocenters. The zero-order valence-corrected chi connectivity index (χ0v) is 20.7. The smallest absolute Gasteiger partial charge is 0.154 e. The number of aromatic amines is 1. The van der Waals surface area contributed by atoms with E-state index >= 15 is 0 Å². The zero-order valence-electron chi connectivity index (χ0n) is 20.7. The van der Waals surface area contributed by atoms with Crippen molar-refractivity contribution in [3.05, 3.63) is 138 Å². The van der Waals surface area contributed by atoms with Gasteiger partial charge >= 0.3 is 0 Å². The summed E-state index contributed by atoms with van der Waals surface area (Å²) in [7, 11) is 0. The van der Waals surface area contributed by atoms with Crippen molar-refractivity contribution in [2.24, 2.45) is 0 Å². The summed E-state index contributed by atoms with van der Waals surface area (Å²) >= 11 is 0. The molecule has 5 heteroatoms. The van der Waals surface area contributed by atoms with Crippen LogP contribution in [-0.2, 0) is 16.9 Å². The van der Waals surface area contributed by atoms with Crippen LogP contribution in [-0.4, -0.2) is 21.6 Å². The van der Waals surface area contributed by atoms with E-state index < -0.39 is 5.54 Å². The number of benzene rings is 4. The quantitative estimate of drug-likeness (QED) is 0.227. The molecule has 2 N–H and O–H groups in total. The van der Waals surface area contributed by atoms with E-state index in [-0.39, 0.29) is 0 Å². The van der Waals surface area contributed by atoms with Crippen LogP contribution in [0.5, 0.6) is 0 Å². The average molecular weight is 485 g/mol. The van der Waals surface area contributed by atoms with Crippen LogP contribution < -0.4 is 5.32 Å². The highest BCUT2D eigenvalue weighted by molar-refractivity contribution is 6.06. The van der Waals surface area contributed by atoms with Crippen molar-refractivity contribution >= 4 is 27.8 Å². The Hall–Kier alpha value is -4.48. The number of para-hydroxylation sites is 1. The first-order chi connectivity index (χ1) is 18.3. The van der Waals surface area contributed by atoms with Crippen LogP contribution in [0.4, 0.5) is 5.82 Å². The first-order valence-corrected chi connectivity index (χ1v) is 12.6. The molecule has 0 aliphatic carbocycles. The van der Waals surface area contributed by atoms with Crippen LogP contribution >= 0.6 is 0 Å². The van der Waals surface area contributed by atoms with Gasteiger partial charge in [0.2, 0.25) is 0 Å². The maximum atomic E-state index is 5.68. The highest BCUT2D eigenvalue weighted by atomic mass is 16.5. The number of hydrogen-bond donors (Lipinski definition) is 2. The standard InChI is InChI=1S/C32H28N4O/c1-2-37-22-28-34-29-26-20-12-13-21-27(26)33-31(30(29)35-28)36-32(23-14-6-3-7-15-23,24-16-8-4-9-17-24)25-18-10-5-11-19-25/h3-21H,2,22H2,1H3,(H,33,36)(H,34,35). The van der Waals surface area contributed by atoms with E-state index in [0.717, 1.165) is 50.3 Å². The molecule has 0 radical (unpaired) electrons. The van der Waals surface area contributed by atoms with Crippen LogP contribution in [0.3, 0.4) is 0 Å². The van der Waals surface area contributed by atoms with Crippen LogP contribution in [0.2, 0.25) is 0 Å². The van der Waals surface area contributed by atoms with Crippen LogP contribution in [0.25, 0.3) is 21.9 Å². The van der Waals surface area contributed by atoms with E-state index in [9.17, 15) is 0 Å². The molecule has 37 heavy (non-hydrogen) atoms. The maximum absolute atomic E-state index is 5.68. The van der Waals surface area contributed by atoms with E-state index in [1.807, 2.05) is 43.3 Å². The molecular formula is C32H28N4O. The van der Waals surface area contributed by atoms with Gasteiger partial charge in [-0.25, -0.2) is 9.97 Å². The Morgan fingerprint density at radius 2 is 1.24 bits per heavy atom. The molecule has 0 aliphatic rings. The number of nitrogens with zero attached hydrogens (tertiary/aromatic N) is 2. The summed E-state index contributed by atoms with van der Waals surface area (Å²) in [5.41, 5.74) is 5.28. The molecule has 2 heterocycles. The lowest BCUT2D eigenvalue weighted by molar-refractivity contribution is 0.129. The summed E-state index contributed by atoms with van der Waals surface area (Å²) in [4.78, 5) is 13.6. The number of fused-ring (bicyclic) bond motifs is 3. The maximum Gasteiger partial charge on any atom is 0.154 e. The van der Waals surface area contributed by atoms with Gasteiger partial charge in [-0.1, -0.05) is 109 Å². The van der Waals surface area contributed by atoms with Gasteiger partial charge in [-0.2, -0.15) is 0 Å². The number of anilines is 1. The SMILES string of the molecule is CCOCc1nc2c([nH]1)c(NC(c1ccccc1)(c1ccccc1)c1ccccc1)nc1ccccc12. The topological polar surface area (TPSA) is 62.8 Å². The van der Waals surface area contributed by atoms with Gasteiger partial charge in [-0.05, 0) is 29.7 Å². The number of pyridine rings is 1. The lowest BCUT2D eigenvalue weighted by Crippen LogP contribution is -2.38. The first kappa shape index (κ1) is 23.0. The zero-order chi connectivity index (χ0) is 25.1. The Bertz CT molecular complexity index is 1530. The normalized spacial score (nSPS) is 11.7. The predicted molar refractivity (Wildman–Crippen MR) is 150 cm³/mol. The van der Waals surface area contributed by atoms with Crippen molar-refractivity contribution < 1.29 is 4.74 Å². The summed E-state index contributed by atoms with van der Waals surface area (Å²) < 4.78 is 5.68. The third kappa shape index (κ3) is 4.13. The number of rotatable bonds is 8. The highest BCUT2D eigenvalue weighted by Crippen LogP contribution is 2.41. The van der Waals surface area contributed by atoms with Gasteiger partial charge < -0.3 is 15.0 Å². The van der Waals surface area contributed by atoms with Gasteiger partial charge in [0.25, 0.3) is 0 Å². The summed E-state index contributed by atoms with van der Waals surface area (Å²) in [6.45, 7) is 3.03. The minimum Gasteiger partial charge on any atom is -0.374 e. The fraction of sp³-hybridized carbons (Fsp3) is 0.125. The highest BCUT2D eigenvalue weighted by Gasteiger charge is 2.37. The molecule has 0 saturated heterocycles. The van der Waals surface area contributed by atoms with Gasteiger partial charge in [0, 0.05) is 12.0 Å². The van der Waals surface area contributed by atoms with Crippen molar-refractivity contribution in [2.75, 3.05) is 11.9 Å². The second-order valence-corrected chi connectivity index (χ2v) is 8.99. The van der Waals surface area contributed by atoms with Crippen molar-refractivity contribution in [3.8, 4) is 0 Å². The summed E-state index contributed by atoms with van der Waals surface area (Å²) in [5.74, 6) is 1.52. The Balaban J connectivity index is 1.64. The first-order valence-electron chi connectivity index (χ1n) is 12.6. The molecule has 0 fully saturated rings. The van der Waals surface area contributed by atoms with Crippen molar-refractivity contribution in [1.82, 2.24) is 15.0 Å².